The molecule has 0 unspecified atom stereocenters. The minimum Gasteiger partial charge on any atom is -0.480 e. The van der Waals surface area contributed by atoms with Crippen molar-refractivity contribution >= 4 is 56.8 Å². The lowest BCUT2D eigenvalue weighted by Gasteiger charge is -2.47. The van der Waals surface area contributed by atoms with Crippen LogP contribution in [0, 0.1) is 11.8 Å². The Morgan fingerprint density at radius 1 is 1.06 bits per heavy atom. The van der Waals surface area contributed by atoms with E-state index in [2.05, 4.69) is 5.32 Å². The molecule has 3 saturated heterocycles. The van der Waals surface area contributed by atoms with Gasteiger partial charge in [-0.3, -0.25) is 9.59 Å². The van der Waals surface area contributed by atoms with E-state index in [9.17, 15) is 24.3 Å². The lowest BCUT2D eigenvalue weighted by molar-refractivity contribution is -0.167. The zero-order valence-corrected chi connectivity index (χ0v) is 20.7. The summed E-state index contributed by atoms with van der Waals surface area (Å²) in [5.41, 5.74) is 0. The number of hydrogen-bond acceptors (Lipinski definition) is 6. The van der Waals surface area contributed by atoms with Crippen molar-refractivity contribution in [3.63, 3.8) is 0 Å². The van der Waals surface area contributed by atoms with E-state index in [1.54, 1.807) is 4.90 Å². The van der Waals surface area contributed by atoms with Crippen molar-refractivity contribution in [3.8, 4) is 0 Å². The minimum absolute atomic E-state index is 0.186. The first-order valence-corrected chi connectivity index (χ1v) is 13.1. The quantitative estimate of drug-likeness (QED) is 0.602. The van der Waals surface area contributed by atoms with Crippen molar-refractivity contribution in [2.75, 3.05) is 39.3 Å². The van der Waals surface area contributed by atoms with Gasteiger partial charge in [0.1, 0.15) is 4.88 Å². The summed E-state index contributed by atoms with van der Waals surface area (Å²) in [6, 6.07) is 5.85. The number of thiophene rings is 1. The fourth-order valence-electron chi connectivity index (χ4n) is 5.30. The number of imide groups is 1. The van der Waals surface area contributed by atoms with Crippen LogP contribution in [0.25, 0.3) is 10.1 Å². The Kier molecular flexibility index (Phi) is 6.69. The number of carbonyl (C=O) groups excluding carboxylic acids is 3. The number of halogens is 1. The number of carboxylic acids is 1. The van der Waals surface area contributed by atoms with E-state index in [0.717, 1.165) is 40.9 Å². The predicted octanol–water partition coefficient (Wildman–Crippen LogP) is 2.73. The summed E-state index contributed by atoms with van der Waals surface area (Å²) >= 11 is 7.80. The van der Waals surface area contributed by atoms with Crippen LogP contribution >= 0.6 is 22.9 Å². The Hall–Kier alpha value is -2.69. The highest BCUT2D eigenvalue weighted by molar-refractivity contribution is 7.21. The number of piperidine rings is 1. The second-order valence-corrected chi connectivity index (χ2v) is 10.8. The molecule has 11 heteroatoms. The van der Waals surface area contributed by atoms with Crippen LogP contribution in [-0.2, 0) is 9.59 Å². The summed E-state index contributed by atoms with van der Waals surface area (Å²) in [5, 5.41) is 14.3. The molecule has 1 aromatic carbocycles. The van der Waals surface area contributed by atoms with Crippen molar-refractivity contribution in [3.05, 3.63) is 34.2 Å². The van der Waals surface area contributed by atoms with Gasteiger partial charge in [0.15, 0.2) is 6.04 Å². The number of aliphatic carboxylic acids is 1. The normalized spacial score (nSPS) is 23.5. The Labute approximate surface area is 211 Å². The number of piperazine rings is 1. The summed E-state index contributed by atoms with van der Waals surface area (Å²) in [7, 11) is 0. The van der Waals surface area contributed by atoms with Crippen LogP contribution < -0.4 is 5.32 Å². The van der Waals surface area contributed by atoms with E-state index in [-0.39, 0.29) is 32.1 Å². The van der Waals surface area contributed by atoms with Gasteiger partial charge in [0.05, 0.1) is 10.9 Å². The maximum absolute atomic E-state index is 13.1. The van der Waals surface area contributed by atoms with Crippen LogP contribution in [0.1, 0.15) is 28.9 Å². The number of hydrogen-bond donors (Lipinski definition) is 2. The second kappa shape index (κ2) is 9.75. The largest absolute Gasteiger partial charge is 0.480 e. The van der Waals surface area contributed by atoms with Crippen LogP contribution in [0.15, 0.2) is 24.3 Å². The lowest BCUT2D eigenvalue weighted by Crippen LogP contribution is -2.69. The van der Waals surface area contributed by atoms with Crippen molar-refractivity contribution in [1.29, 1.82) is 0 Å². The second-order valence-electron chi connectivity index (χ2n) is 9.33. The van der Waals surface area contributed by atoms with Crippen LogP contribution in [0.5, 0.6) is 0 Å². The van der Waals surface area contributed by atoms with E-state index < -0.39 is 29.9 Å². The van der Waals surface area contributed by atoms with Gasteiger partial charge in [-0.05, 0) is 44.3 Å². The molecule has 1 aromatic heterocycles. The van der Waals surface area contributed by atoms with E-state index in [4.69, 9.17) is 11.6 Å². The number of urea groups is 1. The van der Waals surface area contributed by atoms with Gasteiger partial charge in [-0.2, -0.15) is 0 Å². The molecule has 5 rings (SSSR count). The van der Waals surface area contributed by atoms with Crippen molar-refractivity contribution in [2.45, 2.75) is 25.3 Å². The minimum atomic E-state index is -1.15. The Morgan fingerprint density at radius 2 is 1.71 bits per heavy atom. The maximum atomic E-state index is 13.1. The van der Waals surface area contributed by atoms with Gasteiger partial charge >= 0.3 is 12.0 Å². The molecule has 4 heterocycles. The molecule has 3 aliphatic heterocycles. The van der Waals surface area contributed by atoms with Gasteiger partial charge < -0.3 is 20.2 Å². The monoisotopic (exact) mass is 518 g/mol. The average Bonchev–Trinajstić information content (AvgIpc) is 3.21. The molecule has 3 aliphatic rings. The molecular formula is C24H27ClN4O5S. The summed E-state index contributed by atoms with van der Waals surface area (Å²) in [6.07, 6.45) is 2.31. The zero-order valence-electron chi connectivity index (χ0n) is 19.1. The van der Waals surface area contributed by atoms with Crippen LogP contribution in [0.2, 0.25) is 5.02 Å². The molecule has 3 fully saturated rings. The molecule has 2 N–H and O–H groups in total. The van der Waals surface area contributed by atoms with Crippen LogP contribution in [0.4, 0.5) is 4.79 Å². The molecule has 9 nitrogen and oxygen atoms in total. The van der Waals surface area contributed by atoms with E-state index >= 15 is 0 Å². The third-order valence-corrected chi connectivity index (χ3v) is 8.95. The molecule has 35 heavy (non-hydrogen) atoms. The molecule has 0 bridgehead atoms. The molecule has 0 spiro atoms. The van der Waals surface area contributed by atoms with Gasteiger partial charge in [0, 0.05) is 36.3 Å². The molecule has 2 aromatic rings. The smallest absolute Gasteiger partial charge is 0.327 e. The third kappa shape index (κ3) is 4.39. The number of fused-ring (bicyclic) bond motifs is 1. The van der Waals surface area contributed by atoms with Crippen LogP contribution in [-0.4, -0.2) is 88.9 Å². The molecule has 4 amide bonds. The van der Waals surface area contributed by atoms with Crippen molar-refractivity contribution in [2.24, 2.45) is 11.8 Å². The first-order valence-electron chi connectivity index (χ1n) is 11.9. The molecule has 0 aliphatic carbocycles. The summed E-state index contributed by atoms with van der Waals surface area (Å²) in [6.45, 7) is 2.74. The van der Waals surface area contributed by atoms with Crippen LogP contribution in [0.3, 0.4) is 0 Å². The topological polar surface area (TPSA) is 110 Å². The fraction of sp³-hybridized carbons (Fsp3) is 0.500. The predicted molar refractivity (Wildman–Crippen MR) is 132 cm³/mol. The number of nitrogens with zero attached hydrogens (tertiary/aromatic N) is 3. The van der Waals surface area contributed by atoms with Crippen molar-refractivity contribution in [1.82, 2.24) is 20.0 Å². The molecular weight excluding hydrogens is 492 g/mol. The standard InChI is InChI=1S/C24H27ClN4O5S/c25-18-15-3-1-2-4-17(15)35-20(18)22(31)27-9-11-28(12-10-27)24(34)29-19(23(32)33)16(21(29)30)13-14-5-7-26-8-6-14/h1-4,14,16,19,26H,5-13H2,(H,32,33)/t16-,19+/m1/s1. The van der Waals surface area contributed by atoms with Gasteiger partial charge in [0.2, 0.25) is 5.91 Å². The number of carboxylic acid groups (broad SMARTS) is 1. The Morgan fingerprint density at radius 3 is 2.37 bits per heavy atom. The number of nitrogens with one attached hydrogen (secondary N) is 1. The Bertz CT molecular complexity index is 1170. The van der Waals surface area contributed by atoms with E-state index in [1.165, 1.54) is 16.2 Å². The highest BCUT2D eigenvalue weighted by Crippen LogP contribution is 2.37. The Balaban J connectivity index is 1.21. The zero-order chi connectivity index (χ0) is 24.7. The molecule has 2 atom stereocenters. The number of benzene rings is 1. The van der Waals surface area contributed by atoms with Gasteiger partial charge in [-0.15, -0.1) is 11.3 Å². The number of β-lactam (4-membered cyclic amide) rings is 1. The summed E-state index contributed by atoms with van der Waals surface area (Å²) in [4.78, 5) is 55.4. The van der Waals surface area contributed by atoms with Crippen molar-refractivity contribution < 1.29 is 24.3 Å². The highest BCUT2D eigenvalue weighted by atomic mass is 35.5. The number of amides is 4. The molecule has 0 radical (unpaired) electrons. The van der Waals surface area contributed by atoms with E-state index in [0.29, 0.717) is 22.2 Å². The number of carbonyl (C=O) groups is 4. The maximum Gasteiger partial charge on any atom is 0.327 e. The number of rotatable bonds is 4. The first kappa shape index (κ1) is 24.0. The first-order chi connectivity index (χ1) is 16.9. The molecule has 0 saturated carbocycles. The van der Waals surface area contributed by atoms with Gasteiger partial charge in [0.25, 0.3) is 5.91 Å². The van der Waals surface area contributed by atoms with Gasteiger partial charge in [-0.25, -0.2) is 14.5 Å². The average molecular weight is 519 g/mol. The number of likely N-dealkylation sites (tertiary alicyclic amines) is 1. The summed E-state index contributed by atoms with van der Waals surface area (Å²) < 4.78 is 0.935. The third-order valence-electron chi connectivity index (χ3n) is 7.29. The van der Waals surface area contributed by atoms with E-state index in [1.807, 2.05) is 24.3 Å². The SMILES string of the molecule is O=C(O)[C@@H]1[C@@H](CC2CCNCC2)C(=O)N1C(=O)N1CCN(C(=O)c2sc3ccccc3c2Cl)CC1. The highest BCUT2D eigenvalue weighted by Gasteiger charge is 2.56. The van der Waals surface area contributed by atoms with Gasteiger partial charge in [-0.1, -0.05) is 29.8 Å². The molecule has 186 valence electrons. The lowest BCUT2D eigenvalue weighted by atomic mass is 9.78. The summed E-state index contributed by atoms with van der Waals surface area (Å²) in [5.74, 6) is -2.10. The fourth-order valence-corrected chi connectivity index (χ4v) is 6.78.